The normalized spacial score (nSPS) is 10.3. The van der Waals surface area contributed by atoms with E-state index in [9.17, 15) is 14.4 Å². The van der Waals surface area contributed by atoms with Gasteiger partial charge in [-0.2, -0.15) is 0 Å². The molecule has 0 unspecified atom stereocenters. The average molecular weight is 399 g/mol. The molecule has 132 valence electrons. The number of nitrogens with one attached hydrogen (secondary N) is 2. The van der Waals surface area contributed by atoms with Crippen LogP contribution in [0.3, 0.4) is 0 Å². The number of Topliss-reactive ketones (excluding diaryl/α,β-unsaturated/α-hetero) is 1. The quantitative estimate of drug-likeness (QED) is 0.655. The molecule has 2 N–H and O–H groups in total. The molecule has 0 bridgehead atoms. The summed E-state index contributed by atoms with van der Waals surface area (Å²) in [6.07, 6.45) is 0.358. The fraction of sp³-hybridized carbons (Fsp3) is 0.235. The zero-order chi connectivity index (χ0) is 18.2. The Morgan fingerprint density at radius 3 is 2.32 bits per heavy atom. The molecule has 0 spiro atoms. The highest BCUT2D eigenvalue weighted by molar-refractivity contribution is 7.12. The van der Waals surface area contributed by atoms with Crippen LogP contribution in [0.2, 0.25) is 10.0 Å². The molecule has 2 aromatic rings. The Morgan fingerprint density at radius 1 is 0.960 bits per heavy atom. The zero-order valence-electron chi connectivity index (χ0n) is 13.2. The Kier molecular flexibility index (Phi) is 7.43. The summed E-state index contributed by atoms with van der Waals surface area (Å²) in [5.74, 6) is -0.586. The first-order valence-electron chi connectivity index (χ1n) is 7.53. The molecule has 25 heavy (non-hydrogen) atoms. The molecule has 0 saturated heterocycles. The second-order valence-corrected chi connectivity index (χ2v) is 7.03. The van der Waals surface area contributed by atoms with Crippen molar-refractivity contribution in [2.24, 2.45) is 0 Å². The smallest absolute Gasteiger partial charge is 0.226 e. The van der Waals surface area contributed by atoms with Crippen molar-refractivity contribution in [1.82, 2.24) is 5.32 Å². The number of carbonyl (C=O) groups excluding carboxylic acids is 3. The molecule has 2 rings (SSSR count). The van der Waals surface area contributed by atoms with E-state index < -0.39 is 0 Å². The first kappa shape index (κ1) is 19.4. The lowest BCUT2D eigenvalue weighted by atomic mass is 10.2. The average Bonchev–Trinajstić information content (AvgIpc) is 3.06. The predicted octanol–water partition coefficient (Wildman–Crippen LogP) is 4.16. The number of ketones is 1. The Bertz CT molecular complexity index is 743. The van der Waals surface area contributed by atoms with E-state index in [1.54, 1.807) is 30.3 Å². The Hall–Kier alpha value is -1.89. The second-order valence-electron chi connectivity index (χ2n) is 5.21. The highest BCUT2D eigenvalue weighted by Gasteiger charge is 2.10. The van der Waals surface area contributed by atoms with Gasteiger partial charge in [0.05, 0.1) is 4.88 Å². The van der Waals surface area contributed by atoms with Crippen molar-refractivity contribution in [3.8, 4) is 0 Å². The van der Waals surface area contributed by atoms with Crippen LogP contribution in [0.1, 0.15) is 28.9 Å². The molecule has 0 radical (unpaired) electrons. The Balaban J connectivity index is 1.66. The van der Waals surface area contributed by atoms with Crippen molar-refractivity contribution in [2.75, 3.05) is 11.9 Å². The second kappa shape index (κ2) is 9.56. The first-order chi connectivity index (χ1) is 11.9. The topological polar surface area (TPSA) is 75.3 Å². The molecule has 2 amide bonds. The lowest BCUT2D eigenvalue weighted by molar-refractivity contribution is -0.121. The van der Waals surface area contributed by atoms with Crippen LogP contribution in [0.4, 0.5) is 5.69 Å². The van der Waals surface area contributed by atoms with Gasteiger partial charge in [-0.05, 0) is 29.6 Å². The number of anilines is 1. The van der Waals surface area contributed by atoms with Crippen molar-refractivity contribution < 1.29 is 14.4 Å². The van der Waals surface area contributed by atoms with Gasteiger partial charge in [0.1, 0.15) is 0 Å². The first-order valence-corrected chi connectivity index (χ1v) is 9.17. The molecule has 0 aliphatic carbocycles. The van der Waals surface area contributed by atoms with E-state index in [1.165, 1.54) is 11.3 Å². The number of rotatable bonds is 8. The third-order valence-electron chi connectivity index (χ3n) is 3.20. The number of hydrogen-bond donors (Lipinski definition) is 2. The number of benzene rings is 1. The highest BCUT2D eigenvalue weighted by atomic mass is 35.5. The summed E-state index contributed by atoms with van der Waals surface area (Å²) in [6, 6.07) is 8.26. The van der Waals surface area contributed by atoms with Crippen LogP contribution in [0, 0.1) is 0 Å². The van der Waals surface area contributed by atoms with Crippen LogP contribution in [0.25, 0.3) is 0 Å². The molecule has 0 aliphatic rings. The fourth-order valence-corrected chi connectivity index (χ4v) is 3.26. The van der Waals surface area contributed by atoms with E-state index in [1.807, 2.05) is 5.38 Å². The zero-order valence-corrected chi connectivity index (χ0v) is 15.5. The minimum absolute atomic E-state index is 0.0549. The molecule has 1 aromatic carbocycles. The lowest BCUT2D eigenvalue weighted by Crippen LogP contribution is -2.27. The van der Waals surface area contributed by atoms with Crippen molar-refractivity contribution >= 4 is 57.8 Å². The van der Waals surface area contributed by atoms with E-state index >= 15 is 0 Å². The number of hydrogen-bond acceptors (Lipinski definition) is 4. The van der Waals surface area contributed by atoms with Crippen LogP contribution in [0.15, 0.2) is 35.7 Å². The molecule has 1 heterocycles. The van der Waals surface area contributed by atoms with Crippen molar-refractivity contribution in [3.05, 3.63) is 50.6 Å². The van der Waals surface area contributed by atoms with Crippen LogP contribution in [-0.2, 0) is 9.59 Å². The molecule has 1 aromatic heterocycles. The van der Waals surface area contributed by atoms with E-state index in [4.69, 9.17) is 23.2 Å². The van der Waals surface area contributed by atoms with Crippen LogP contribution < -0.4 is 10.6 Å². The van der Waals surface area contributed by atoms with E-state index in [0.29, 0.717) is 20.6 Å². The van der Waals surface area contributed by atoms with Crippen LogP contribution in [0.5, 0.6) is 0 Å². The number of carbonyl (C=O) groups is 3. The van der Waals surface area contributed by atoms with Gasteiger partial charge in [0.15, 0.2) is 5.78 Å². The largest absolute Gasteiger partial charge is 0.356 e. The number of halogens is 2. The molecule has 0 saturated carbocycles. The summed E-state index contributed by atoms with van der Waals surface area (Å²) < 4.78 is 0. The van der Waals surface area contributed by atoms with Crippen LogP contribution in [-0.4, -0.2) is 24.1 Å². The summed E-state index contributed by atoms with van der Waals surface area (Å²) >= 11 is 13.1. The Morgan fingerprint density at radius 2 is 1.68 bits per heavy atom. The number of thiophene rings is 1. The third kappa shape index (κ3) is 6.86. The molecule has 8 heteroatoms. The van der Waals surface area contributed by atoms with Gasteiger partial charge < -0.3 is 10.6 Å². The monoisotopic (exact) mass is 398 g/mol. The minimum Gasteiger partial charge on any atom is -0.356 e. The summed E-state index contributed by atoms with van der Waals surface area (Å²) in [4.78, 5) is 36.0. The van der Waals surface area contributed by atoms with Gasteiger partial charge in [-0.15, -0.1) is 11.3 Å². The standard InChI is InChI=1S/C17H16Cl2N2O3S/c18-11-8-12(19)10-13(9-11)21-17(24)5-6-20-16(23)4-3-14(22)15-2-1-7-25-15/h1-2,7-10H,3-6H2,(H,20,23)(H,21,24). The van der Waals surface area contributed by atoms with Crippen molar-refractivity contribution in [2.45, 2.75) is 19.3 Å². The Labute approximate surface area is 159 Å². The summed E-state index contributed by atoms with van der Waals surface area (Å²) in [6.45, 7) is 0.187. The summed E-state index contributed by atoms with van der Waals surface area (Å²) in [5, 5.41) is 7.94. The van der Waals surface area contributed by atoms with Crippen LogP contribution >= 0.6 is 34.5 Å². The molecule has 0 fully saturated rings. The van der Waals surface area contributed by atoms with E-state index in [-0.39, 0.29) is 43.4 Å². The maximum absolute atomic E-state index is 11.8. The molecule has 5 nitrogen and oxygen atoms in total. The van der Waals surface area contributed by atoms with Gasteiger partial charge in [0.25, 0.3) is 0 Å². The third-order valence-corrected chi connectivity index (χ3v) is 4.54. The molecule has 0 aliphatic heterocycles. The van der Waals surface area contributed by atoms with Crippen molar-refractivity contribution in [1.29, 1.82) is 0 Å². The van der Waals surface area contributed by atoms with Gasteiger partial charge in [-0.3, -0.25) is 14.4 Å². The van der Waals surface area contributed by atoms with Gasteiger partial charge in [-0.1, -0.05) is 29.3 Å². The number of amides is 2. The van der Waals surface area contributed by atoms with E-state index in [0.717, 1.165) is 0 Å². The molecule has 0 atom stereocenters. The summed E-state index contributed by atoms with van der Waals surface area (Å²) in [7, 11) is 0. The van der Waals surface area contributed by atoms with Gasteiger partial charge in [0, 0.05) is 41.5 Å². The van der Waals surface area contributed by atoms with Crippen molar-refractivity contribution in [3.63, 3.8) is 0 Å². The van der Waals surface area contributed by atoms with E-state index in [2.05, 4.69) is 10.6 Å². The van der Waals surface area contributed by atoms with Gasteiger partial charge in [0.2, 0.25) is 11.8 Å². The maximum Gasteiger partial charge on any atom is 0.226 e. The molecular formula is C17H16Cl2N2O3S. The lowest BCUT2D eigenvalue weighted by Gasteiger charge is -2.07. The summed E-state index contributed by atoms with van der Waals surface area (Å²) in [5.41, 5.74) is 0.496. The molecular weight excluding hydrogens is 383 g/mol. The van der Waals surface area contributed by atoms with Gasteiger partial charge >= 0.3 is 0 Å². The minimum atomic E-state index is -0.270. The highest BCUT2D eigenvalue weighted by Crippen LogP contribution is 2.22. The predicted molar refractivity (Wildman–Crippen MR) is 101 cm³/mol. The van der Waals surface area contributed by atoms with Gasteiger partial charge in [-0.25, -0.2) is 0 Å². The SMILES string of the molecule is O=C(CCC(=O)c1cccs1)NCCC(=O)Nc1cc(Cl)cc(Cl)c1. The maximum atomic E-state index is 11.8. The fourth-order valence-electron chi connectivity index (χ4n) is 2.04.